The maximum absolute atomic E-state index is 6.51. The maximum Gasteiger partial charge on any atom is 0.0572 e. The van der Waals surface area contributed by atoms with Gasteiger partial charge in [-0.2, -0.15) is 0 Å². The maximum atomic E-state index is 6.51. The molecule has 1 atom stereocenters. The molecular formula is C29H22N2. The zero-order valence-corrected chi connectivity index (χ0v) is 17.0. The molecule has 0 heterocycles. The third kappa shape index (κ3) is 2.69. The average molecular weight is 399 g/mol. The highest BCUT2D eigenvalue weighted by atomic mass is 14.7. The lowest BCUT2D eigenvalue weighted by Gasteiger charge is -2.16. The molecule has 2 nitrogen and oxygen atoms in total. The van der Waals surface area contributed by atoms with E-state index in [-0.39, 0.29) is 6.04 Å². The van der Waals surface area contributed by atoms with Crippen molar-refractivity contribution in [3.05, 3.63) is 114 Å². The molecule has 0 amide bonds. The van der Waals surface area contributed by atoms with E-state index < -0.39 is 0 Å². The zero-order chi connectivity index (χ0) is 20.9. The fraction of sp³-hybridized carbons (Fsp3) is 0.0345. The van der Waals surface area contributed by atoms with Gasteiger partial charge in [0.2, 0.25) is 0 Å². The number of nitrogen functional groups attached to an aromatic ring is 1. The standard InChI is InChI=1S/C29H22N2/c30-27-11-4-3-8-26(27)29(31)19-14-12-18(13-15-19)20-16-17-25-22-7-2-1-6-21(22)24-10-5-9-23(20)28(24)25/h1-17,29H,30-31H2. The molecule has 0 spiro atoms. The van der Waals surface area contributed by atoms with Crippen LogP contribution >= 0.6 is 0 Å². The van der Waals surface area contributed by atoms with Crippen molar-refractivity contribution < 1.29 is 0 Å². The first-order valence-electron chi connectivity index (χ1n) is 10.6. The monoisotopic (exact) mass is 398 g/mol. The third-order valence-corrected chi connectivity index (χ3v) is 6.46. The van der Waals surface area contributed by atoms with Crippen LogP contribution in [-0.2, 0) is 0 Å². The van der Waals surface area contributed by atoms with Crippen molar-refractivity contribution in [2.24, 2.45) is 5.73 Å². The fourth-order valence-corrected chi connectivity index (χ4v) is 4.90. The number of fused-ring (bicyclic) bond motifs is 3. The van der Waals surface area contributed by atoms with Crippen LogP contribution in [0.15, 0.2) is 103 Å². The first-order chi connectivity index (χ1) is 15.2. The molecule has 5 aromatic rings. The van der Waals surface area contributed by atoms with Crippen molar-refractivity contribution in [2.75, 3.05) is 5.73 Å². The van der Waals surface area contributed by atoms with Gasteiger partial charge in [-0.25, -0.2) is 0 Å². The van der Waals surface area contributed by atoms with E-state index in [1.54, 1.807) is 0 Å². The van der Waals surface area contributed by atoms with Crippen molar-refractivity contribution in [3.8, 4) is 33.4 Å². The van der Waals surface area contributed by atoms with Crippen molar-refractivity contribution >= 4 is 16.5 Å². The summed E-state index contributed by atoms with van der Waals surface area (Å²) < 4.78 is 0. The van der Waals surface area contributed by atoms with Crippen molar-refractivity contribution in [3.63, 3.8) is 0 Å². The Kier molecular flexibility index (Phi) is 3.95. The normalized spacial score (nSPS) is 12.7. The van der Waals surface area contributed by atoms with Crippen LogP contribution in [0.2, 0.25) is 0 Å². The molecular weight excluding hydrogens is 376 g/mol. The first kappa shape index (κ1) is 17.9. The first-order valence-corrected chi connectivity index (χ1v) is 10.6. The summed E-state index contributed by atoms with van der Waals surface area (Å²) in [4.78, 5) is 0. The number of hydrogen-bond acceptors (Lipinski definition) is 2. The summed E-state index contributed by atoms with van der Waals surface area (Å²) in [5.41, 5.74) is 23.1. The predicted octanol–water partition coefficient (Wildman–Crippen LogP) is 6.78. The summed E-state index contributed by atoms with van der Waals surface area (Å²) in [5.74, 6) is 0. The number of rotatable bonds is 3. The third-order valence-electron chi connectivity index (χ3n) is 6.46. The molecule has 4 N–H and O–H groups in total. The van der Waals surface area contributed by atoms with Crippen molar-refractivity contribution in [2.45, 2.75) is 6.04 Å². The molecule has 5 aromatic carbocycles. The lowest BCUT2D eigenvalue weighted by Crippen LogP contribution is -2.13. The highest BCUT2D eigenvalue weighted by Crippen LogP contribution is 2.49. The number of benzene rings is 5. The second-order valence-electron chi connectivity index (χ2n) is 8.16. The van der Waals surface area contributed by atoms with Crippen molar-refractivity contribution in [1.29, 1.82) is 0 Å². The Morgan fingerprint density at radius 2 is 1.13 bits per heavy atom. The summed E-state index contributed by atoms with van der Waals surface area (Å²) in [6.45, 7) is 0. The minimum atomic E-state index is -0.238. The molecule has 0 saturated carbocycles. The Labute approximate surface area is 181 Å². The van der Waals surface area contributed by atoms with E-state index in [4.69, 9.17) is 11.5 Å². The molecule has 2 heteroatoms. The molecule has 1 unspecified atom stereocenters. The Balaban J connectivity index is 1.45. The smallest absolute Gasteiger partial charge is 0.0572 e. The van der Waals surface area contributed by atoms with Gasteiger partial charge in [-0.1, -0.05) is 97.1 Å². The van der Waals surface area contributed by atoms with E-state index in [1.807, 2.05) is 24.3 Å². The Bertz CT molecular complexity index is 1420. The fourth-order valence-electron chi connectivity index (χ4n) is 4.90. The molecule has 0 aliphatic heterocycles. The van der Waals surface area contributed by atoms with Gasteiger partial charge in [0.1, 0.15) is 0 Å². The molecule has 148 valence electrons. The molecule has 1 aliphatic rings. The van der Waals surface area contributed by atoms with Crippen LogP contribution in [0.3, 0.4) is 0 Å². The highest BCUT2D eigenvalue weighted by Gasteiger charge is 2.22. The van der Waals surface area contributed by atoms with Crippen LogP contribution < -0.4 is 11.5 Å². The Morgan fingerprint density at radius 1 is 0.516 bits per heavy atom. The molecule has 0 radical (unpaired) electrons. The molecule has 1 aliphatic carbocycles. The number of anilines is 1. The van der Waals surface area contributed by atoms with Gasteiger partial charge in [-0.3, -0.25) is 0 Å². The van der Waals surface area contributed by atoms with E-state index in [2.05, 4.69) is 78.9 Å². The second-order valence-corrected chi connectivity index (χ2v) is 8.16. The summed E-state index contributed by atoms with van der Waals surface area (Å²) >= 11 is 0. The van der Waals surface area contributed by atoms with Crippen molar-refractivity contribution in [1.82, 2.24) is 0 Å². The summed E-state index contributed by atoms with van der Waals surface area (Å²) in [5, 5.41) is 2.63. The lowest BCUT2D eigenvalue weighted by molar-refractivity contribution is 0.875. The van der Waals surface area contributed by atoms with Crippen LogP contribution in [0, 0.1) is 0 Å². The largest absolute Gasteiger partial charge is 0.398 e. The second kappa shape index (κ2) is 6.83. The van der Waals surface area contributed by atoms with Crippen LogP contribution in [0.5, 0.6) is 0 Å². The van der Waals surface area contributed by atoms with Gasteiger partial charge >= 0.3 is 0 Å². The number of nitrogens with two attached hydrogens (primary N) is 2. The average Bonchev–Trinajstić information content (AvgIpc) is 3.15. The molecule has 31 heavy (non-hydrogen) atoms. The van der Waals surface area contributed by atoms with Gasteiger partial charge in [0.25, 0.3) is 0 Å². The SMILES string of the molecule is Nc1ccccc1C(N)c1ccc(-c2ccc3c4c(cccc24)-c2ccccc2-3)cc1. The van der Waals surface area contributed by atoms with Crippen LogP contribution in [0.4, 0.5) is 5.69 Å². The molecule has 0 fully saturated rings. The quantitative estimate of drug-likeness (QED) is 0.323. The minimum absolute atomic E-state index is 0.238. The van der Waals surface area contributed by atoms with Gasteiger partial charge in [0, 0.05) is 5.69 Å². The minimum Gasteiger partial charge on any atom is -0.398 e. The number of hydrogen-bond donors (Lipinski definition) is 2. The number of para-hydroxylation sites is 1. The summed E-state index contributed by atoms with van der Waals surface area (Å²) in [7, 11) is 0. The van der Waals surface area contributed by atoms with Gasteiger partial charge in [0.15, 0.2) is 0 Å². The zero-order valence-electron chi connectivity index (χ0n) is 17.0. The predicted molar refractivity (Wildman–Crippen MR) is 131 cm³/mol. The van der Waals surface area contributed by atoms with E-state index in [1.165, 1.54) is 44.2 Å². The molecule has 0 saturated heterocycles. The van der Waals surface area contributed by atoms with Crippen LogP contribution in [0.25, 0.3) is 44.2 Å². The Hall–Kier alpha value is -3.88. The summed E-state index contributed by atoms with van der Waals surface area (Å²) in [6.07, 6.45) is 0. The van der Waals surface area contributed by atoms with E-state index in [0.717, 1.165) is 16.8 Å². The summed E-state index contributed by atoms with van der Waals surface area (Å²) in [6, 6.07) is 35.9. The highest BCUT2D eigenvalue weighted by molar-refractivity contribution is 6.18. The topological polar surface area (TPSA) is 52.0 Å². The van der Waals surface area contributed by atoms with Crippen LogP contribution in [-0.4, -0.2) is 0 Å². The van der Waals surface area contributed by atoms with Gasteiger partial charge in [-0.05, 0) is 61.3 Å². The molecule has 0 bridgehead atoms. The van der Waals surface area contributed by atoms with E-state index in [9.17, 15) is 0 Å². The molecule has 6 rings (SSSR count). The molecule has 0 aromatic heterocycles. The Morgan fingerprint density at radius 3 is 1.87 bits per heavy atom. The lowest BCUT2D eigenvalue weighted by atomic mass is 9.92. The van der Waals surface area contributed by atoms with Gasteiger partial charge < -0.3 is 11.5 Å². The van der Waals surface area contributed by atoms with E-state index in [0.29, 0.717) is 0 Å². The van der Waals surface area contributed by atoms with Gasteiger partial charge in [0.05, 0.1) is 6.04 Å². The van der Waals surface area contributed by atoms with Crippen LogP contribution in [0.1, 0.15) is 17.2 Å². The van der Waals surface area contributed by atoms with E-state index >= 15 is 0 Å². The van der Waals surface area contributed by atoms with Gasteiger partial charge in [-0.15, -0.1) is 0 Å².